The molecule has 0 aliphatic heterocycles. The minimum atomic E-state index is -0.703. The average molecular weight is 271 g/mol. The number of rotatable bonds is 3. The van der Waals surface area contributed by atoms with Crippen molar-refractivity contribution in [1.82, 2.24) is 5.32 Å². The van der Waals surface area contributed by atoms with Crippen LogP contribution in [-0.2, 0) is 9.53 Å². The van der Waals surface area contributed by atoms with Crippen LogP contribution in [0.5, 0.6) is 0 Å². The zero-order chi connectivity index (χ0) is 14.6. The normalized spacial score (nSPS) is 25.5. The molecule has 0 spiro atoms. The van der Waals surface area contributed by atoms with Gasteiger partial charge in [-0.1, -0.05) is 0 Å². The highest BCUT2D eigenvalue weighted by molar-refractivity contribution is 5.70. The van der Waals surface area contributed by atoms with Crippen molar-refractivity contribution in [2.24, 2.45) is 11.8 Å². The fourth-order valence-electron chi connectivity index (χ4n) is 2.48. The molecule has 1 saturated carbocycles. The Morgan fingerprint density at radius 2 is 1.74 bits per heavy atom. The number of hydrogen-bond donors (Lipinski definition) is 2. The van der Waals surface area contributed by atoms with E-state index in [4.69, 9.17) is 9.84 Å². The van der Waals surface area contributed by atoms with Gasteiger partial charge in [-0.05, 0) is 59.3 Å². The predicted molar refractivity (Wildman–Crippen MR) is 71.9 cm³/mol. The fraction of sp³-hybridized carbons (Fsp3) is 0.857. The second kappa shape index (κ2) is 6.26. The molecular weight excluding hydrogens is 246 g/mol. The van der Waals surface area contributed by atoms with Crippen LogP contribution in [0.1, 0.15) is 53.4 Å². The van der Waals surface area contributed by atoms with E-state index in [0.717, 1.165) is 12.8 Å². The highest BCUT2D eigenvalue weighted by atomic mass is 16.6. The second-order valence-corrected chi connectivity index (χ2v) is 6.38. The molecular formula is C14H25NO4. The molecule has 0 aromatic heterocycles. The molecule has 0 radical (unpaired) electrons. The zero-order valence-electron chi connectivity index (χ0n) is 12.2. The van der Waals surface area contributed by atoms with Gasteiger partial charge in [-0.15, -0.1) is 0 Å². The third kappa shape index (κ3) is 5.49. The lowest BCUT2D eigenvalue weighted by molar-refractivity contribution is -0.143. The lowest BCUT2D eigenvalue weighted by atomic mass is 9.79. The average Bonchev–Trinajstić information content (AvgIpc) is 2.26. The van der Waals surface area contributed by atoms with Gasteiger partial charge in [0.2, 0.25) is 0 Å². The summed E-state index contributed by atoms with van der Waals surface area (Å²) in [6, 6.07) is 0.0181. The summed E-state index contributed by atoms with van der Waals surface area (Å²) in [5, 5.41) is 11.8. The molecule has 2 N–H and O–H groups in total. The molecule has 1 aliphatic rings. The van der Waals surface area contributed by atoms with Gasteiger partial charge >= 0.3 is 12.1 Å². The molecule has 0 aromatic rings. The Morgan fingerprint density at radius 1 is 1.21 bits per heavy atom. The molecule has 5 nitrogen and oxygen atoms in total. The summed E-state index contributed by atoms with van der Waals surface area (Å²) in [7, 11) is 0. The summed E-state index contributed by atoms with van der Waals surface area (Å²) >= 11 is 0. The predicted octanol–water partition coefficient (Wildman–Crippen LogP) is 2.79. The van der Waals surface area contributed by atoms with Gasteiger partial charge < -0.3 is 15.2 Å². The summed E-state index contributed by atoms with van der Waals surface area (Å²) in [6.45, 7) is 7.44. The third-order valence-electron chi connectivity index (χ3n) is 3.57. The molecule has 0 bridgehead atoms. The standard InChI is InChI=1S/C14H25NO4/c1-9(15-13(18)19-14(2,3)4)10-5-7-11(8-6-10)12(16)17/h9-11H,5-8H2,1-4H3,(H,15,18)(H,16,17). The zero-order valence-corrected chi connectivity index (χ0v) is 12.2. The lowest BCUT2D eigenvalue weighted by Gasteiger charge is -2.31. The Bertz CT molecular complexity index is 327. The summed E-state index contributed by atoms with van der Waals surface area (Å²) in [5.74, 6) is -0.584. The maximum atomic E-state index is 11.7. The summed E-state index contributed by atoms with van der Waals surface area (Å²) < 4.78 is 5.21. The second-order valence-electron chi connectivity index (χ2n) is 6.38. The van der Waals surface area contributed by atoms with Gasteiger partial charge in [-0.3, -0.25) is 4.79 Å². The first-order chi connectivity index (χ1) is 8.69. The smallest absolute Gasteiger partial charge is 0.407 e. The number of ether oxygens (including phenoxy) is 1. The minimum Gasteiger partial charge on any atom is -0.481 e. The van der Waals surface area contributed by atoms with Gasteiger partial charge in [-0.25, -0.2) is 4.79 Å². The van der Waals surface area contributed by atoms with Crippen molar-refractivity contribution in [3.63, 3.8) is 0 Å². The molecule has 1 amide bonds. The highest BCUT2D eigenvalue weighted by Crippen LogP contribution is 2.31. The van der Waals surface area contributed by atoms with Gasteiger partial charge in [0.15, 0.2) is 0 Å². The van der Waals surface area contributed by atoms with Crippen molar-refractivity contribution < 1.29 is 19.4 Å². The number of carbonyl (C=O) groups excluding carboxylic acids is 1. The van der Waals surface area contributed by atoms with E-state index >= 15 is 0 Å². The number of carboxylic acids is 1. The molecule has 110 valence electrons. The van der Waals surface area contributed by atoms with Crippen LogP contribution in [0, 0.1) is 11.8 Å². The van der Waals surface area contributed by atoms with Crippen LogP contribution in [0.3, 0.4) is 0 Å². The number of alkyl carbamates (subject to hydrolysis) is 1. The van der Waals surface area contributed by atoms with Crippen LogP contribution in [0.2, 0.25) is 0 Å². The quantitative estimate of drug-likeness (QED) is 0.827. The maximum Gasteiger partial charge on any atom is 0.407 e. The van der Waals surface area contributed by atoms with Crippen molar-refractivity contribution in [2.75, 3.05) is 0 Å². The molecule has 19 heavy (non-hydrogen) atoms. The summed E-state index contributed by atoms with van der Waals surface area (Å²) in [6.07, 6.45) is 2.67. The van der Waals surface area contributed by atoms with Crippen molar-refractivity contribution in [1.29, 1.82) is 0 Å². The van der Waals surface area contributed by atoms with Crippen molar-refractivity contribution in [3.05, 3.63) is 0 Å². The highest BCUT2D eigenvalue weighted by Gasteiger charge is 2.30. The number of carbonyl (C=O) groups is 2. The molecule has 5 heteroatoms. The van der Waals surface area contributed by atoms with Crippen molar-refractivity contribution in [3.8, 4) is 0 Å². The van der Waals surface area contributed by atoms with Crippen LogP contribution in [0.25, 0.3) is 0 Å². The Hall–Kier alpha value is -1.26. The fourth-order valence-corrected chi connectivity index (χ4v) is 2.48. The SMILES string of the molecule is CC(NC(=O)OC(C)(C)C)C1CCC(C(=O)O)CC1. The molecule has 0 saturated heterocycles. The number of carboxylic acid groups (broad SMARTS) is 1. The van der Waals surface area contributed by atoms with E-state index in [2.05, 4.69) is 5.32 Å². The Balaban J connectivity index is 2.37. The van der Waals surface area contributed by atoms with E-state index in [-0.39, 0.29) is 12.0 Å². The lowest BCUT2D eigenvalue weighted by Crippen LogP contribution is -2.42. The molecule has 1 aliphatic carbocycles. The molecule has 1 rings (SSSR count). The van der Waals surface area contributed by atoms with Crippen LogP contribution in [0.4, 0.5) is 4.79 Å². The van der Waals surface area contributed by atoms with E-state index in [9.17, 15) is 9.59 Å². The molecule has 1 fully saturated rings. The molecule has 0 heterocycles. The molecule has 1 unspecified atom stereocenters. The summed E-state index contributed by atoms with van der Waals surface area (Å²) in [5.41, 5.74) is -0.495. The first kappa shape index (κ1) is 15.8. The van der Waals surface area contributed by atoms with Crippen LogP contribution in [0.15, 0.2) is 0 Å². The summed E-state index contributed by atoms with van der Waals surface area (Å²) in [4.78, 5) is 22.5. The van der Waals surface area contributed by atoms with E-state index in [1.165, 1.54) is 0 Å². The number of amides is 1. The van der Waals surface area contributed by atoms with Gasteiger partial charge in [-0.2, -0.15) is 0 Å². The molecule has 1 atom stereocenters. The monoisotopic (exact) mass is 271 g/mol. The number of hydrogen-bond acceptors (Lipinski definition) is 3. The Labute approximate surface area is 114 Å². The third-order valence-corrected chi connectivity index (χ3v) is 3.57. The maximum absolute atomic E-state index is 11.7. The number of aliphatic carboxylic acids is 1. The topological polar surface area (TPSA) is 75.6 Å². The van der Waals surface area contributed by atoms with E-state index < -0.39 is 17.7 Å². The first-order valence-electron chi connectivity index (χ1n) is 6.91. The van der Waals surface area contributed by atoms with Crippen LogP contribution < -0.4 is 5.32 Å². The van der Waals surface area contributed by atoms with E-state index in [1.807, 2.05) is 27.7 Å². The largest absolute Gasteiger partial charge is 0.481 e. The Morgan fingerprint density at radius 3 is 2.16 bits per heavy atom. The van der Waals surface area contributed by atoms with Crippen molar-refractivity contribution >= 4 is 12.1 Å². The first-order valence-corrected chi connectivity index (χ1v) is 6.91. The van der Waals surface area contributed by atoms with Gasteiger partial charge in [0.05, 0.1) is 5.92 Å². The Kier molecular flexibility index (Phi) is 5.20. The van der Waals surface area contributed by atoms with E-state index in [1.54, 1.807) is 0 Å². The van der Waals surface area contributed by atoms with Crippen molar-refractivity contribution in [2.45, 2.75) is 65.0 Å². The van der Waals surface area contributed by atoms with Crippen LogP contribution >= 0.6 is 0 Å². The van der Waals surface area contributed by atoms with Gasteiger partial charge in [0.25, 0.3) is 0 Å². The van der Waals surface area contributed by atoms with Gasteiger partial charge in [0.1, 0.15) is 5.60 Å². The minimum absolute atomic E-state index is 0.0181. The number of nitrogens with one attached hydrogen (secondary N) is 1. The molecule has 0 aromatic carbocycles. The van der Waals surface area contributed by atoms with Crippen LogP contribution in [-0.4, -0.2) is 28.8 Å². The van der Waals surface area contributed by atoms with Gasteiger partial charge in [0, 0.05) is 6.04 Å². The van der Waals surface area contributed by atoms with E-state index in [0.29, 0.717) is 18.8 Å².